The molecule has 1 heterocycles. The van der Waals surface area contributed by atoms with Crippen LogP contribution in [0.25, 0.3) is 0 Å². The lowest BCUT2D eigenvalue weighted by Crippen LogP contribution is -2.13. The molecule has 0 aliphatic carbocycles. The third-order valence-electron chi connectivity index (χ3n) is 2.70. The Morgan fingerprint density at radius 2 is 1.85 bits per heavy atom. The molecule has 1 aromatic carbocycles. The largest absolute Gasteiger partial charge is 0.280 e. The number of aromatic nitrogens is 1. The van der Waals surface area contributed by atoms with E-state index < -0.39 is 10.0 Å². The van der Waals surface area contributed by atoms with E-state index in [1.165, 1.54) is 6.07 Å². The summed E-state index contributed by atoms with van der Waals surface area (Å²) >= 11 is 11.4. The molecule has 0 spiro atoms. The molecule has 1 aromatic heterocycles. The maximum Gasteiger partial charge on any atom is 0.263 e. The van der Waals surface area contributed by atoms with Gasteiger partial charge in [0.25, 0.3) is 10.0 Å². The van der Waals surface area contributed by atoms with E-state index in [1.54, 1.807) is 12.1 Å². The molecule has 20 heavy (non-hydrogen) atoms. The van der Waals surface area contributed by atoms with Crippen molar-refractivity contribution in [2.24, 2.45) is 0 Å². The summed E-state index contributed by atoms with van der Waals surface area (Å²) in [5, 5.41) is 0.161. The predicted octanol–water partition coefficient (Wildman–Crippen LogP) is 3.75. The summed E-state index contributed by atoms with van der Waals surface area (Å²) in [4.78, 5) is 3.69. The Morgan fingerprint density at radius 1 is 1.20 bits per heavy atom. The van der Waals surface area contributed by atoms with E-state index in [9.17, 15) is 8.42 Å². The average Bonchev–Trinajstić information content (AvgIpc) is 2.42. The number of sulfonamides is 1. The predicted molar refractivity (Wildman–Crippen MR) is 80.9 cm³/mol. The van der Waals surface area contributed by atoms with E-state index in [-0.39, 0.29) is 15.1 Å². The minimum Gasteiger partial charge on any atom is -0.280 e. The summed E-state index contributed by atoms with van der Waals surface area (Å²) in [6.45, 7) is 2.03. The molecule has 0 atom stereocenters. The van der Waals surface area contributed by atoms with Crippen LogP contribution in [-0.2, 0) is 16.4 Å². The molecular formula is C13H12Cl2N2O2S. The molecule has 0 saturated heterocycles. The highest BCUT2D eigenvalue weighted by Gasteiger charge is 2.16. The lowest BCUT2D eigenvalue weighted by molar-refractivity contribution is 0.601. The quantitative estimate of drug-likeness (QED) is 0.868. The molecule has 106 valence electrons. The molecule has 2 rings (SSSR count). The molecule has 0 aliphatic rings. The van der Waals surface area contributed by atoms with Crippen LogP contribution in [-0.4, -0.2) is 13.4 Å². The van der Waals surface area contributed by atoms with Crippen LogP contribution >= 0.6 is 23.2 Å². The molecule has 4 nitrogen and oxygen atoms in total. The summed E-state index contributed by atoms with van der Waals surface area (Å²) in [7, 11) is -3.73. The van der Waals surface area contributed by atoms with Crippen molar-refractivity contribution in [3.8, 4) is 0 Å². The third kappa shape index (κ3) is 3.42. The topological polar surface area (TPSA) is 59.1 Å². The van der Waals surface area contributed by atoms with Gasteiger partial charge >= 0.3 is 0 Å². The van der Waals surface area contributed by atoms with Crippen LogP contribution in [0.3, 0.4) is 0 Å². The molecule has 0 amide bonds. The summed E-state index contributed by atoms with van der Waals surface area (Å²) < 4.78 is 26.8. The zero-order chi connectivity index (χ0) is 14.8. The van der Waals surface area contributed by atoms with Gasteiger partial charge in [0, 0.05) is 11.9 Å². The van der Waals surface area contributed by atoms with Gasteiger partial charge in [0.1, 0.15) is 10.0 Å². The molecule has 1 N–H and O–H groups in total. The van der Waals surface area contributed by atoms with E-state index in [2.05, 4.69) is 9.71 Å². The van der Waals surface area contributed by atoms with Crippen LogP contribution in [0.15, 0.2) is 41.4 Å². The Labute approximate surface area is 127 Å². The first kappa shape index (κ1) is 15.1. The van der Waals surface area contributed by atoms with Gasteiger partial charge in [0.05, 0.1) is 5.02 Å². The van der Waals surface area contributed by atoms with E-state index in [0.717, 1.165) is 18.2 Å². The molecule has 0 aliphatic heterocycles. The number of hydrogen-bond acceptors (Lipinski definition) is 3. The number of anilines is 1. The standard InChI is InChI=1S/C13H12Cl2N2O2S/c1-2-9-3-5-10(6-4-9)17-20(18,19)11-7-12(14)13(15)16-8-11/h3-8,17H,2H2,1H3. The average molecular weight is 331 g/mol. The van der Waals surface area contributed by atoms with Gasteiger partial charge in [-0.05, 0) is 30.2 Å². The van der Waals surface area contributed by atoms with Crippen molar-refractivity contribution in [2.45, 2.75) is 18.2 Å². The van der Waals surface area contributed by atoms with Crippen LogP contribution in [0, 0.1) is 0 Å². The zero-order valence-corrected chi connectivity index (χ0v) is 12.9. The van der Waals surface area contributed by atoms with Crippen LogP contribution in [0.2, 0.25) is 10.2 Å². The van der Waals surface area contributed by atoms with Crippen LogP contribution in [0.1, 0.15) is 12.5 Å². The van der Waals surface area contributed by atoms with Crippen LogP contribution < -0.4 is 4.72 Å². The van der Waals surface area contributed by atoms with Crippen molar-refractivity contribution < 1.29 is 8.42 Å². The van der Waals surface area contributed by atoms with Crippen molar-refractivity contribution in [1.29, 1.82) is 0 Å². The number of rotatable bonds is 4. The van der Waals surface area contributed by atoms with E-state index in [1.807, 2.05) is 19.1 Å². The second-order valence-electron chi connectivity index (χ2n) is 4.10. The molecular weight excluding hydrogens is 319 g/mol. The third-order valence-corrected chi connectivity index (χ3v) is 4.73. The highest BCUT2D eigenvalue weighted by Crippen LogP contribution is 2.23. The molecule has 0 unspecified atom stereocenters. The number of nitrogens with one attached hydrogen (secondary N) is 1. The van der Waals surface area contributed by atoms with Crippen molar-refractivity contribution >= 4 is 38.9 Å². The van der Waals surface area contributed by atoms with Crippen molar-refractivity contribution in [2.75, 3.05) is 4.72 Å². The molecule has 2 aromatic rings. The van der Waals surface area contributed by atoms with Crippen LogP contribution in [0.5, 0.6) is 0 Å². The first-order valence-corrected chi connectivity index (χ1v) is 8.09. The maximum atomic E-state index is 12.2. The van der Waals surface area contributed by atoms with Gasteiger partial charge in [-0.15, -0.1) is 0 Å². The minimum absolute atomic E-state index is 0.0357. The van der Waals surface area contributed by atoms with E-state index >= 15 is 0 Å². The lowest BCUT2D eigenvalue weighted by atomic mass is 10.2. The first-order chi connectivity index (χ1) is 9.42. The molecule has 0 radical (unpaired) electrons. The smallest absolute Gasteiger partial charge is 0.263 e. The lowest BCUT2D eigenvalue weighted by Gasteiger charge is -2.09. The Hall–Kier alpha value is -1.30. The van der Waals surface area contributed by atoms with Crippen molar-refractivity contribution in [3.05, 3.63) is 52.3 Å². The number of hydrogen-bond donors (Lipinski definition) is 1. The number of aryl methyl sites for hydroxylation is 1. The fraction of sp³-hybridized carbons (Fsp3) is 0.154. The monoisotopic (exact) mass is 330 g/mol. The second kappa shape index (κ2) is 5.99. The first-order valence-electron chi connectivity index (χ1n) is 5.85. The number of benzene rings is 1. The second-order valence-corrected chi connectivity index (χ2v) is 6.55. The van der Waals surface area contributed by atoms with E-state index in [4.69, 9.17) is 23.2 Å². The maximum absolute atomic E-state index is 12.2. The van der Waals surface area contributed by atoms with Gasteiger partial charge in [-0.2, -0.15) is 0 Å². The minimum atomic E-state index is -3.73. The molecule has 0 saturated carbocycles. The highest BCUT2D eigenvalue weighted by molar-refractivity contribution is 7.92. The van der Waals surface area contributed by atoms with Crippen LogP contribution in [0.4, 0.5) is 5.69 Å². The number of pyridine rings is 1. The molecule has 0 fully saturated rings. The summed E-state index contributed by atoms with van der Waals surface area (Å²) in [6, 6.07) is 8.41. The Balaban J connectivity index is 2.27. The SMILES string of the molecule is CCc1ccc(NS(=O)(=O)c2cnc(Cl)c(Cl)c2)cc1. The Morgan fingerprint density at radius 3 is 2.40 bits per heavy atom. The number of nitrogens with zero attached hydrogens (tertiary/aromatic N) is 1. The highest BCUT2D eigenvalue weighted by atomic mass is 35.5. The summed E-state index contributed by atoms with van der Waals surface area (Å²) in [6.07, 6.45) is 2.06. The van der Waals surface area contributed by atoms with Gasteiger partial charge in [0.2, 0.25) is 0 Å². The van der Waals surface area contributed by atoms with Gasteiger partial charge in [-0.1, -0.05) is 42.3 Å². The Kier molecular flexibility index (Phi) is 4.52. The van der Waals surface area contributed by atoms with Gasteiger partial charge in [-0.25, -0.2) is 13.4 Å². The van der Waals surface area contributed by atoms with Gasteiger partial charge in [-0.3, -0.25) is 4.72 Å². The summed E-state index contributed by atoms with van der Waals surface area (Å²) in [5.74, 6) is 0. The van der Waals surface area contributed by atoms with Crippen molar-refractivity contribution in [1.82, 2.24) is 4.98 Å². The zero-order valence-electron chi connectivity index (χ0n) is 10.6. The van der Waals surface area contributed by atoms with Gasteiger partial charge in [0.15, 0.2) is 0 Å². The normalized spacial score (nSPS) is 11.3. The molecule has 7 heteroatoms. The fourth-order valence-electron chi connectivity index (χ4n) is 1.57. The summed E-state index contributed by atoms with van der Waals surface area (Å²) in [5.41, 5.74) is 1.61. The fourth-order valence-corrected chi connectivity index (χ4v) is 2.94. The van der Waals surface area contributed by atoms with E-state index in [0.29, 0.717) is 5.69 Å². The van der Waals surface area contributed by atoms with Crippen molar-refractivity contribution in [3.63, 3.8) is 0 Å². The number of halogens is 2. The molecule has 0 bridgehead atoms. The Bertz CT molecular complexity index is 716. The van der Waals surface area contributed by atoms with Gasteiger partial charge < -0.3 is 0 Å².